The van der Waals surface area contributed by atoms with Gasteiger partial charge in [0.05, 0.1) is 5.39 Å². The van der Waals surface area contributed by atoms with Crippen molar-refractivity contribution in [2.45, 2.75) is 57.3 Å². The zero-order valence-electron chi connectivity index (χ0n) is 14.5. The molecular formula is C18H21FN4O3. The molecule has 4 rings (SSSR count). The van der Waals surface area contributed by atoms with Gasteiger partial charge in [-0.1, -0.05) is 0 Å². The number of piperidine rings is 1. The highest BCUT2D eigenvalue weighted by atomic mass is 19.1. The van der Waals surface area contributed by atoms with Crippen molar-refractivity contribution in [2.24, 2.45) is 5.73 Å². The van der Waals surface area contributed by atoms with E-state index in [9.17, 15) is 19.1 Å². The Kier molecular flexibility index (Phi) is 3.95. The molecule has 0 amide bonds. The first-order valence-corrected chi connectivity index (χ1v) is 8.91. The molecule has 2 bridgehead atoms. The van der Waals surface area contributed by atoms with Crippen molar-refractivity contribution in [3.8, 4) is 0 Å². The summed E-state index contributed by atoms with van der Waals surface area (Å²) in [7, 11) is 0. The van der Waals surface area contributed by atoms with Gasteiger partial charge in [-0.15, -0.1) is 0 Å². The number of nitrogens with zero attached hydrogens (tertiary/aromatic N) is 3. The van der Waals surface area contributed by atoms with E-state index in [1.165, 1.54) is 6.20 Å². The van der Waals surface area contributed by atoms with E-state index in [0.29, 0.717) is 12.2 Å². The predicted octanol–water partition coefficient (Wildman–Crippen LogP) is 1.71. The molecule has 7 nitrogen and oxygen atoms in total. The van der Waals surface area contributed by atoms with Crippen LogP contribution in [-0.2, 0) is 6.54 Å². The van der Waals surface area contributed by atoms with Crippen LogP contribution in [0.4, 0.5) is 10.2 Å². The Balaban J connectivity index is 1.91. The van der Waals surface area contributed by atoms with Crippen molar-refractivity contribution < 1.29 is 14.3 Å². The summed E-state index contributed by atoms with van der Waals surface area (Å²) in [4.78, 5) is 30.2. The summed E-state index contributed by atoms with van der Waals surface area (Å²) >= 11 is 0. The van der Waals surface area contributed by atoms with Crippen molar-refractivity contribution in [3.63, 3.8) is 0 Å². The van der Waals surface area contributed by atoms with Crippen LogP contribution in [0, 0.1) is 5.82 Å². The average molecular weight is 360 g/mol. The van der Waals surface area contributed by atoms with E-state index in [1.807, 2.05) is 11.8 Å². The predicted molar refractivity (Wildman–Crippen MR) is 95.1 cm³/mol. The standard InChI is InChI=1S/C18H21FN4O3/c1-2-22-8-13(18(25)26)15(24)12-7-14(19)17(21-16(12)22)23-10-3-4-11(23)6-9(20)5-10/h7-11H,2-6,20H2,1H3,(H,25,26). The number of aromatic carboxylic acids is 1. The molecular weight excluding hydrogens is 339 g/mol. The molecule has 2 atom stereocenters. The Labute approximate surface area is 149 Å². The van der Waals surface area contributed by atoms with Gasteiger partial charge >= 0.3 is 5.97 Å². The second kappa shape index (κ2) is 6.05. The molecule has 0 saturated carbocycles. The molecule has 2 unspecified atom stereocenters. The smallest absolute Gasteiger partial charge is 0.341 e. The van der Waals surface area contributed by atoms with Crippen molar-refractivity contribution in [3.05, 3.63) is 33.9 Å². The number of carboxylic acids is 1. The van der Waals surface area contributed by atoms with Crippen molar-refractivity contribution in [2.75, 3.05) is 4.90 Å². The normalized spacial score (nSPS) is 25.0. The number of halogens is 1. The summed E-state index contributed by atoms with van der Waals surface area (Å²) in [6.45, 7) is 2.25. The van der Waals surface area contributed by atoms with Gasteiger partial charge in [0.15, 0.2) is 11.6 Å². The molecule has 2 aliphatic heterocycles. The van der Waals surface area contributed by atoms with Gasteiger partial charge in [0.25, 0.3) is 0 Å². The second-order valence-corrected chi connectivity index (χ2v) is 7.15. The molecule has 2 aromatic rings. The summed E-state index contributed by atoms with van der Waals surface area (Å²) in [6, 6.07) is 1.57. The van der Waals surface area contributed by atoms with Gasteiger partial charge in [-0.05, 0) is 38.7 Å². The maximum atomic E-state index is 14.9. The number of pyridine rings is 2. The van der Waals surface area contributed by atoms with Gasteiger partial charge in [0, 0.05) is 30.9 Å². The highest BCUT2D eigenvalue weighted by molar-refractivity contribution is 5.92. The lowest BCUT2D eigenvalue weighted by atomic mass is 9.98. The zero-order valence-corrected chi connectivity index (χ0v) is 14.5. The highest BCUT2D eigenvalue weighted by Gasteiger charge is 2.41. The molecule has 0 aromatic carbocycles. The lowest BCUT2D eigenvalue weighted by molar-refractivity contribution is 0.0695. The molecule has 2 aliphatic rings. The minimum Gasteiger partial charge on any atom is -0.477 e. The van der Waals surface area contributed by atoms with Gasteiger partial charge in [0.1, 0.15) is 11.2 Å². The first kappa shape index (κ1) is 17.0. The fraction of sp³-hybridized carbons (Fsp3) is 0.500. The van der Waals surface area contributed by atoms with Gasteiger partial charge in [-0.25, -0.2) is 14.2 Å². The quantitative estimate of drug-likeness (QED) is 0.864. The third-order valence-corrected chi connectivity index (χ3v) is 5.57. The zero-order chi connectivity index (χ0) is 18.6. The van der Waals surface area contributed by atoms with Crippen LogP contribution >= 0.6 is 0 Å². The van der Waals surface area contributed by atoms with Crippen LogP contribution in [-0.4, -0.2) is 38.8 Å². The number of nitrogens with two attached hydrogens (primary N) is 1. The van der Waals surface area contributed by atoms with E-state index < -0.39 is 17.2 Å². The van der Waals surface area contributed by atoms with Crippen LogP contribution in [0.3, 0.4) is 0 Å². The Bertz CT molecular complexity index is 944. The largest absolute Gasteiger partial charge is 0.477 e. The molecule has 2 fully saturated rings. The molecule has 0 spiro atoms. The van der Waals surface area contributed by atoms with Gasteiger partial charge in [0.2, 0.25) is 5.43 Å². The molecule has 4 heterocycles. The molecule has 3 N–H and O–H groups in total. The molecule has 26 heavy (non-hydrogen) atoms. The lowest BCUT2D eigenvalue weighted by Crippen LogP contribution is -2.48. The number of carbonyl (C=O) groups is 1. The summed E-state index contributed by atoms with van der Waals surface area (Å²) in [5.74, 6) is -1.68. The third-order valence-electron chi connectivity index (χ3n) is 5.57. The van der Waals surface area contributed by atoms with Crippen LogP contribution in [0.15, 0.2) is 17.1 Å². The molecule has 0 radical (unpaired) electrons. The summed E-state index contributed by atoms with van der Waals surface area (Å²) < 4.78 is 16.5. The fourth-order valence-corrected chi connectivity index (χ4v) is 4.42. The van der Waals surface area contributed by atoms with E-state index in [4.69, 9.17) is 5.73 Å². The number of fused-ring (bicyclic) bond motifs is 3. The number of aromatic nitrogens is 2. The highest BCUT2D eigenvalue weighted by Crippen LogP contribution is 2.39. The Morgan fingerprint density at radius 2 is 2.04 bits per heavy atom. The summed E-state index contributed by atoms with van der Waals surface area (Å²) in [6.07, 6.45) is 4.79. The van der Waals surface area contributed by atoms with E-state index in [2.05, 4.69) is 4.98 Å². The first-order valence-electron chi connectivity index (χ1n) is 8.91. The van der Waals surface area contributed by atoms with Gasteiger partial charge in [-0.2, -0.15) is 0 Å². The van der Waals surface area contributed by atoms with E-state index in [1.54, 1.807) is 4.57 Å². The van der Waals surface area contributed by atoms with Crippen LogP contribution in [0.2, 0.25) is 0 Å². The second-order valence-electron chi connectivity index (χ2n) is 7.15. The van der Waals surface area contributed by atoms with E-state index in [0.717, 1.165) is 31.7 Å². The van der Waals surface area contributed by atoms with Crippen LogP contribution in [0.5, 0.6) is 0 Å². The number of anilines is 1. The first-order chi connectivity index (χ1) is 12.4. The van der Waals surface area contributed by atoms with Crippen molar-refractivity contribution in [1.29, 1.82) is 0 Å². The van der Waals surface area contributed by atoms with Crippen molar-refractivity contribution >= 4 is 22.8 Å². The molecule has 8 heteroatoms. The molecule has 2 aromatic heterocycles. The molecule has 2 saturated heterocycles. The minimum atomic E-state index is -1.33. The monoisotopic (exact) mass is 360 g/mol. The molecule has 138 valence electrons. The number of hydrogen-bond donors (Lipinski definition) is 2. The van der Waals surface area contributed by atoms with Crippen molar-refractivity contribution in [1.82, 2.24) is 9.55 Å². The topological polar surface area (TPSA) is 101 Å². The minimum absolute atomic E-state index is 0.00550. The van der Waals surface area contributed by atoms with Crippen LogP contribution < -0.4 is 16.1 Å². The van der Waals surface area contributed by atoms with Gasteiger partial charge < -0.3 is 20.3 Å². The molecule has 0 aliphatic carbocycles. The van der Waals surface area contributed by atoms with E-state index in [-0.39, 0.29) is 34.9 Å². The lowest BCUT2D eigenvalue weighted by Gasteiger charge is -2.38. The van der Waals surface area contributed by atoms with Crippen LogP contribution in [0.1, 0.15) is 43.0 Å². The number of hydrogen-bond acceptors (Lipinski definition) is 5. The maximum absolute atomic E-state index is 14.9. The Morgan fingerprint density at radius 1 is 1.38 bits per heavy atom. The van der Waals surface area contributed by atoms with E-state index >= 15 is 0 Å². The summed E-state index contributed by atoms with van der Waals surface area (Å²) in [5, 5.41) is 9.22. The Morgan fingerprint density at radius 3 is 2.62 bits per heavy atom. The Hall–Kier alpha value is -2.48. The van der Waals surface area contributed by atoms with Gasteiger partial charge in [-0.3, -0.25) is 4.79 Å². The summed E-state index contributed by atoms with van der Waals surface area (Å²) in [5.41, 5.74) is 5.32. The number of carboxylic acid groups (broad SMARTS) is 1. The average Bonchev–Trinajstić information content (AvgIpc) is 2.86. The number of rotatable bonds is 3. The SMILES string of the molecule is CCn1cc(C(=O)O)c(=O)c2cc(F)c(N3C4CCC3CC(N)C4)nc21. The van der Waals surface area contributed by atoms with Crippen LogP contribution in [0.25, 0.3) is 11.0 Å². The maximum Gasteiger partial charge on any atom is 0.341 e. The third kappa shape index (κ3) is 2.47. The fourth-order valence-electron chi connectivity index (χ4n) is 4.42. The number of aryl methyl sites for hydroxylation is 1.